The number of para-hydroxylation sites is 1. The molecule has 1 heterocycles. The number of benzene rings is 1. The quantitative estimate of drug-likeness (QED) is 0.589. The molecule has 2 aromatic rings. The zero-order valence-corrected chi connectivity index (χ0v) is 16.1. The Morgan fingerprint density at radius 3 is 1.87 bits per heavy atom. The van der Waals surface area contributed by atoms with Gasteiger partial charge < -0.3 is 4.74 Å². The first-order chi connectivity index (χ1) is 10.6. The highest BCUT2D eigenvalue weighted by atomic mass is 35.6. The van der Waals surface area contributed by atoms with Crippen LogP contribution in [0.2, 0.25) is 0 Å². The molecule has 0 aliphatic rings. The summed E-state index contributed by atoms with van der Waals surface area (Å²) in [6, 6.07) is 7.09. The van der Waals surface area contributed by atoms with Gasteiger partial charge in [0.15, 0.2) is 17.5 Å². The lowest BCUT2D eigenvalue weighted by Crippen LogP contribution is -2.17. The van der Waals surface area contributed by atoms with E-state index < -0.39 is 7.59 Å². The minimum absolute atomic E-state index is 0.153. The van der Waals surface area contributed by atoms with E-state index >= 15 is 0 Å². The maximum absolute atomic E-state index is 5.86. The third-order valence-corrected chi connectivity index (χ3v) is 3.58. The third-order valence-electron chi connectivity index (χ3n) is 2.57. The zero-order chi connectivity index (χ0) is 17.3. The molecule has 0 aliphatic carbocycles. The van der Waals surface area contributed by atoms with Gasteiger partial charge in [-0.3, -0.25) is 0 Å². The van der Waals surface area contributed by atoms with Crippen molar-refractivity contribution in [2.75, 3.05) is 6.61 Å². The lowest BCUT2D eigenvalue weighted by atomic mass is 10.2. The van der Waals surface area contributed by atoms with Gasteiger partial charge in [-0.1, -0.05) is 81.7 Å². The molecule has 0 saturated heterocycles. The molecule has 4 nitrogen and oxygen atoms in total. The van der Waals surface area contributed by atoms with Crippen LogP contribution < -0.4 is 4.74 Å². The van der Waals surface area contributed by atoms with E-state index in [1.807, 2.05) is 6.92 Å². The van der Waals surface area contributed by atoms with Crippen molar-refractivity contribution in [3.63, 3.8) is 0 Å². The second kappa shape index (κ2) is 7.34. The average Bonchev–Trinajstić information content (AvgIpc) is 2.46. The van der Waals surface area contributed by atoms with Crippen LogP contribution in [0.15, 0.2) is 24.3 Å². The summed E-state index contributed by atoms with van der Waals surface area (Å²) in [5, 5.41) is 0. The monoisotopic (exact) mass is 433 g/mol. The van der Waals surface area contributed by atoms with Crippen molar-refractivity contribution >= 4 is 69.6 Å². The molecule has 124 valence electrons. The van der Waals surface area contributed by atoms with E-state index in [-0.39, 0.29) is 17.5 Å². The number of aromatic nitrogens is 3. The first-order valence-electron chi connectivity index (χ1n) is 6.25. The summed E-state index contributed by atoms with van der Waals surface area (Å²) in [6.07, 6.45) is 0. The number of halogens is 6. The number of nitrogens with zero attached hydrogens (tertiary/aromatic N) is 3. The molecule has 0 radical (unpaired) electrons. The predicted molar refractivity (Wildman–Crippen MR) is 94.9 cm³/mol. The molecular formula is C13H9Cl6N3O. The van der Waals surface area contributed by atoms with Crippen molar-refractivity contribution in [3.8, 4) is 17.1 Å². The van der Waals surface area contributed by atoms with Gasteiger partial charge in [-0.05, 0) is 19.1 Å². The molecule has 2 rings (SSSR count). The Kier molecular flexibility index (Phi) is 6.10. The molecule has 1 aromatic heterocycles. The van der Waals surface area contributed by atoms with Crippen LogP contribution in [0.4, 0.5) is 0 Å². The van der Waals surface area contributed by atoms with Gasteiger partial charge in [-0.25, -0.2) is 15.0 Å². The molecule has 10 heteroatoms. The largest absolute Gasteiger partial charge is 0.493 e. The topological polar surface area (TPSA) is 47.9 Å². The summed E-state index contributed by atoms with van der Waals surface area (Å²) >= 11 is 35.2. The van der Waals surface area contributed by atoms with Crippen molar-refractivity contribution in [2.24, 2.45) is 0 Å². The Labute approximate surface area is 163 Å². The van der Waals surface area contributed by atoms with Crippen LogP contribution >= 0.6 is 69.6 Å². The third kappa shape index (κ3) is 4.88. The number of alkyl halides is 6. The van der Waals surface area contributed by atoms with Gasteiger partial charge in [0, 0.05) is 0 Å². The van der Waals surface area contributed by atoms with E-state index in [1.165, 1.54) is 0 Å². The van der Waals surface area contributed by atoms with Gasteiger partial charge in [0.2, 0.25) is 7.59 Å². The number of rotatable bonds is 3. The first kappa shape index (κ1) is 19.1. The molecular weight excluding hydrogens is 427 g/mol. The van der Waals surface area contributed by atoms with Crippen molar-refractivity contribution in [1.29, 1.82) is 0 Å². The van der Waals surface area contributed by atoms with Crippen LogP contribution in [0.5, 0.6) is 5.75 Å². The SMILES string of the molecule is CCOc1ccccc1-c1nc(C(Cl)(Cl)Cl)nc(C(Cl)(Cl)Cl)n1. The fourth-order valence-electron chi connectivity index (χ4n) is 1.68. The van der Waals surface area contributed by atoms with Crippen LogP contribution in [0, 0.1) is 0 Å². The van der Waals surface area contributed by atoms with Gasteiger partial charge >= 0.3 is 0 Å². The van der Waals surface area contributed by atoms with Crippen LogP contribution in [0.25, 0.3) is 11.4 Å². The molecule has 0 amide bonds. The van der Waals surface area contributed by atoms with Gasteiger partial charge in [-0.15, -0.1) is 0 Å². The van der Waals surface area contributed by atoms with Crippen LogP contribution in [0.3, 0.4) is 0 Å². The van der Waals surface area contributed by atoms with E-state index in [4.69, 9.17) is 74.3 Å². The van der Waals surface area contributed by atoms with E-state index in [1.54, 1.807) is 24.3 Å². The Bertz CT molecular complexity index is 667. The molecule has 0 bridgehead atoms. The minimum atomic E-state index is -1.90. The maximum atomic E-state index is 5.86. The highest BCUT2D eigenvalue weighted by Gasteiger charge is 2.34. The summed E-state index contributed by atoms with van der Waals surface area (Å²) < 4.78 is 1.74. The van der Waals surface area contributed by atoms with Crippen LogP contribution in [-0.4, -0.2) is 21.6 Å². The predicted octanol–water partition coefficient (Wildman–Crippen LogP) is 5.59. The molecule has 0 spiro atoms. The standard InChI is InChI=1S/C13H9Cl6N3O/c1-2-23-8-6-4-3-5-7(8)9-20-10(12(14,15)16)22-11(21-9)13(17,18)19/h3-6H,2H2,1H3. The normalized spacial score (nSPS) is 12.3. The van der Waals surface area contributed by atoms with E-state index in [0.29, 0.717) is 17.9 Å². The van der Waals surface area contributed by atoms with Crippen LogP contribution in [0.1, 0.15) is 18.6 Å². The van der Waals surface area contributed by atoms with Gasteiger partial charge in [0.25, 0.3) is 0 Å². The fourth-order valence-corrected chi connectivity index (χ4v) is 2.19. The number of hydrogen-bond donors (Lipinski definition) is 0. The van der Waals surface area contributed by atoms with Gasteiger partial charge in [0.05, 0.1) is 12.2 Å². The Balaban J connectivity index is 2.67. The van der Waals surface area contributed by atoms with E-state index in [2.05, 4.69) is 15.0 Å². The molecule has 0 saturated carbocycles. The molecule has 0 aliphatic heterocycles. The fraction of sp³-hybridized carbons (Fsp3) is 0.308. The molecule has 1 aromatic carbocycles. The molecule has 23 heavy (non-hydrogen) atoms. The lowest BCUT2D eigenvalue weighted by Gasteiger charge is -2.16. The second-order valence-electron chi connectivity index (χ2n) is 4.23. The summed E-state index contributed by atoms with van der Waals surface area (Å²) in [5.41, 5.74) is 0.558. The van der Waals surface area contributed by atoms with E-state index in [0.717, 1.165) is 0 Å². The lowest BCUT2D eigenvalue weighted by molar-refractivity contribution is 0.341. The summed E-state index contributed by atoms with van der Waals surface area (Å²) in [7, 11) is 0. The highest BCUT2D eigenvalue weighted by molar-refractivity contribution is 6.67. The Hall–Kier alpha value is -0.230. The van der Waals surface area contributed by atoms with Gasteiger partial charge in [-0.2, -0.15) is 0 Å². The van der Waals surface area contributed by atoms with Crippen molar-refractivity contribution < 1.29 is 4.74 Å². The number of hydrogen-bond acceptors (Lipinski definition) is 4. The minimum Gasteiger partial charge on any atom is -0.493 e. The van der Waals surface area contributed by atoms with Crippen molar-refractivity contribution in [2.45, 2.75) is 14.5 Å². The molecule has 0 atom stereocenters. The van der Waals surface area contributed by atoms with Crippen molar-refractivity contribution in [3.05, 3.63) is 35.9 Å². The maximum Gasteiger partial charge on any atom is 0.250 e. The average molecular weight is 436 g/mol. The van der Waals surface area contributed by atoms with E-state index in [9.17, 15) is 0 Å². The summed E-state index contributed by atoms with van der Waals surface area (Å²) in [4.78, 5) is 12.2. The smallest absolute Gasteiger partial charge is 0.250 e. The van der Waals surface area contributed by atoms with Crippen LogP contribution in [-0.2, 0) is 7.59 Å². The Morgan fingerprint density at radius 1 is 0.870 bits per heavy atom. The summed E-state index contributed by atoms with van der Waals surface area (Å²) in [5.74, 6) is 0.415. The molecule has 0 N–H and O–H groups in total. The summed E-state index contributed by atoms with van der Waals surface area (Å²) in [6.45, 7) is 2.31. The van der Waals surface area contributed by atoms with Crippen molar-refractivity contribution in [1.82, 2.24) is 15.0 Å². The second-order valence-corrected chi connectivity index (χ2v) is 8.79. The van der Waals surface area contributed by atoms with Gasteiger partial charge in [0.1, 0.15) is 5.75 Å². The first-order valence-corrected chi connectivity index (χ1v) is 8.52. The Morgan fingerprint density at radius 2 is 1.39 bits per heavy atom. The zero-order valence-electron chi connectivity index (χ0n) is 11.5. The molecule has 0 unspecified atom stereocenters. The molecule has 0 fully saturated rings. The highest BCUT2D eigenvalue weighted by Crippen LogP contribution is 2.41. The number of ether oxygens (including phenoxy) is 1.